The molecule has 3 aromatic carbocycles. The molecule has 1 aromatic heterocycles. The van der Waals surface area contributed by atoms with Crippen molar-refractivity contribution in [2.75, 3.05) is 6.61 Å². The van der Waals surface area contributed by atoms with E-state index in [2.05, 4.69) is 15.3 Å². The van der Waals surface area contributed by atoms with Gasteiger partial charge < -0.3 is 14.8 Å². The molecule has 0 aliphatic rings. The summed E-state index contributed by atoms with van der Waals surface area (Å²) in [5, 5.41) is 3.45. The molecule has 4 aromatic rings. The predicted molar refractivity (Wildman–Crippen MR) is 128 cm³/mol. The number of nitrogens with one attached hydrogen (secondary N) is 1. The smallest absolute Gasteiger partial charge is 0.252 e. The third-order valence-corrected chi connectivity index (χ3v) is 5.66. The molecule has 1 N–H and O–H groups in total. The molecule has 0 spiro atoms. The van der Waals surface area contributed by atoms with E-state index in [1.807, 2.05) is 31.2 Å². The zero-order valence-electron chi connectivity index (χ0n) is 18.4. The summed E-state index contributed by atoms with van der Waals surface area (Å²) in [6.07, 6.45) is 3.10. The molecule has 6 nitrogen and oxygen atoms in total. The Morgan fingerprint density at radius 3 is 2.29 bits per heavy atom. The number of benzene rings is 3. The molecule has 4 rings (SSSR count). The van der Waals surface area contributed by atoms with Crippen LogP contribution in [0, 0.1) is 5.82 Å². The lowest BCUT2D eigenvalue weighted by molar-refractivity contribution is 0.0951. The summed E-state index contributed by atoms with van der Waals surface area (Å²) in [4.78, 5) is 21.9. The van der Waals surface area contributed by atoms with E-state index >= 15 is 0 Å². The van der Waals surface area contributed by atoms with Crippen LogP contribution in [0.4, 0.5) is 4.39 Å². The lowest BCUT2D eigenvalue weighted by Crippen LogP contribution is -2.22. The number of ether oxygens (including phenoxy) is 2. The van der Waals surface area contributed by atoms with Gasteiger partial charge in [0.15, 0.2) is 5.03 Å². The van der Waals surface area contributed by atoms with Gasteiger partial charge in [0.25, 0.3) is 11.8 Å². The number of carbonyl (C=O) groups excluding carboxylic acids is 1. The number of halogens is 1. The Balaban J connectivity index is 1.36. The maximum atomic E-state index is 13.2. The van der Waals surface area contributed by atoms with Crippen molar-refractivity contribution in [1.29, 1.82) is 0 Å². The number of amides is 1. The molecule has 34 heavy (non-hydrogen) atoms. The number of rotatable bonds is 9. The summed E-state index contributed by atoms with van der Waals surface area (Å²) in [5.74, 6) is 1.15. The van der Waals surface area contributed by atoms with Crippen molar-refractivity contribution >= 4 is 17.7 Å². The first-order chi connectivity index (χ1) is 16.6. The molecule has 8 heteroatoms. The first-order valence-electron chi connectivity index (χ1n) is 10.6. The highest BCUT2D eigenvalue weighted by atomic mass is 32.2. The van der Waals surface area contributed by atoms with Crippen LogP contribution in [0.25, 0.3) is 0 Å². The van der Waals surface area contributed by atoms with Gasteiger partial charge in [-0.2, -0.15) is 0 Å². The van der Waals surface area contributed by atoms with Gasteiger partial charge in [-0.05, 0) is 73.2 Å². The maximum absolute atomic E-state index is 13.2. The van der Waals surface area contributed by atoms with Crippen LogP contribution in [0.1, 0.15) is 22.8 Å². The van der Waals surface area contributed by atoms with Crippen LogP contribution in [0.2, 0.25) is 0 Å². The predicted octanol–water partition coefficient (Wildman–Crippen LogP) is 5.89. The Bertz CT molecular complexity index is 1230. The lowest BCUT2D eigenvalue weighted by atomic mass is 10.2. The third kappa shape index (κ3) is 6.32. The maximum Gasteiger partial charge on any atom is 0.252 e. The average molecular weight is 476 g/mol. The highest BCUT2D eigenvalue weighted by Crippen LogP contribution is 2.33. The minimum atomic E-state index is -0.302. The van der Waals surface area contributed by atoms with Gasteiger partial charge in [-0.25, -0.2) is 14.4 Å². The summed E-state index contributed by atoms with van der Waals surface area (Å²) in [7, 11) is 0. The molecule has 0 saturated carbocycles. The highest BCUT2D eigenvalue weighted by molar-refractivity contribution is 7.99. The van der Waals surface area contributed by atoms with Crippen molar-refractivity contribution in [3.8, 4) is 17.4 Å². The van der Waals surface area contributed by atoms with Crippen molar-refractivity contribution in [3.05, 3.63) is 102 Å². The highest BCUT2D eigenvalue weighted by Gasteiger charge is 2.11. The van der Waals surface area contributed by atoms with Crippen LogP contribution in [-0.4, -0.2) is 22.5 Å². The quantitative estimate of drug-likeness (QED) is 0.326. The first kappa shape index (κ1) is 23.3. The zero-order chi connectivity index (χ0) is 23.8. The van der Waals surface area contributed by atoms with Crippen LogP contribution in [0.3, 0.4) is 0 Å². The van der Waals surface area contributed by atoms with Crippen LogP contribution in [0.15, 0.2) is 95.1 Å². The van der Waals surface area contributed by atoms with E-state index in [9.17, 15) is 9.18 Å². The van der Waals surface area contributed by atoms with Gasteiger partial charge >= 0.3 is 0 Å². The summed E-state index contributed by atoms with van der Waals surface area (Å²) in [6, 6.07) is 20.5. The van der Waals surface area contributed by atoms with Crippen molar-refractivity contribution in [1.82, 2.24) is 15.3 Å². The van der Waals surface area contributed by atoms with Crippen LogP contribution in [0.5, 0.6) is 17.4 Å². The summed E-state index contributed by atoms with van der Waals surface area (Å²) < 4.78 is 24.5. The third-order valence-electron chi connectivity index (χ3n) is 4.68. The minimum Gasteiger partial charge on any atom is -0.494 e. The van der Waals surface area contributed by atoms with Crippen molar-refractivity contribution in [2.24, 2.45) is 0 Å². The number of carbonyl (C=O) groups is 1. The van der Waals surface area contributed by atoms with Gasteiger partial charge in [-0.15, -0.1) is 0 Å². The normalized spacial score (nSPS) is 10.5. The standard InChI is InChI=1S/C26H22FN3O3S/c1-2-32-21-9-3-18(4-10-21)17-30-24(31)19-5-11-22(12-6-19)33-25-26(29-16-15-28-25)34-23-13-7-20(27)8-14-23/h3-16H,2,17H2,1H3,(H,30,31). The van der Waals surface area contributed by atoms with Gasteiger partial charge in [0.05, 0.1) is 6.61 Å². The fourth-order valence-corrected chi connectivity index (χ4v) is 3.80. The van der Waals surface area contributed by atoms with Crippen molar-refractivity contribution in [3.63, 3.8) is 0 Å². The van der Waals surface area contributed by atoms with Crippen LogP contribution in [-0.2, 0) is 6.54 Å². The van der Waals surface area contributed by atoms with Gasteiger partial charge in [0, 0.05) is 29.4 Å². The average Bonchev–Trinajstić information content (AvgIpc) is 2.86. The summed E-state index contributed by atoms with van der Waals surface area (Å²) in [5.41, 5.74) is 1.49. The fourth-order valence-electron chi connectivity index (χ4n) is 3.01. The van der Waals surface area contributed by atoms with E-state index in [1.54, 1.807) is 42.6 Å². The van der Waals surface area contributed by atoms with Gasteiger partial charge in [0.1, 0.15) is 17.3 Å². The number of hydrogen-bond acceptors (Lipinski definition) is 6. The van der Waals surface area contributed by atoms with Crippen LogP contribution >= 0.6 is 11.8 Å². The molecule has 172 valence electrons. The lowest BCUT2D eigenvalue weighted by Gasteiger charge is -2.10. The molecule has 0 atom stereocenters. The SMILES string of the molecule is CCOc1ccc(CNC(=O)c2ccc(Oc3nccnc3Sc3ccc(F)cc3)cc2)cc1. The van der Waals surface area contributed by atoms with Crippen LogP contribution < -0.4 is 14.8 Å². The minimum absolute atomic E-state index is 0.188. The van der Waals surface area contributed by atoms with Crippen molar-refractivity contribution < 1.29 is 18.7 Å². The number of aromatic nitrogens is 2. The van der Waals surface area contributed by atoms with E-state index < -0.39 is 0 Å². The Morgan fingerprint density at radius 1 is 0.912 bits per heavy atom. The number of nitrogens with zero attached hydrogens (tertiary/aromatic N) is 2. The number of hydrogen-bond donors (Lipinski definition) is 1. The molecule has 0 saturated heterocycles. The Hall–Kier alpha value is -3.91. The second-order valence-electron chi connectivity index (χ2n) is 7.11. The first-order valence-corrected chi connectivity index (χ1v) is 11.4. The van der Waals surface area contributed by atoms with E-state index in [1.165, 1.54) is 30.1 Å². The van der Waals surface area contributed by atoms with Gasteiger partial charge in [-0.3, -0.25) is 4.79 Å². The van der Waals surface area contributed by atoms with Crippen molar-refractivity contribution in [2.45, 2.75) is 23.4 Å². The fraction of sp³-hybridized carbons (Fsp3) is 0.115. The molecule has 1 amide bonds. The van der Waals surface area contributed by atoms with Gasteiger partial charge in [-0.1, -0.05) is 23.9 Å². The van der Waals surface area contributed by atoms with Gasteiger partial charge in [0.2, 0.25) is 0 Å². The second-order valence-corrected chi connectivity index (χ2v) is 8.17. The van der Waals surface area contributed by atoms with E-state index in [0.717, 1.165) is 16.2 Å². The zero-order valence-corrected chi connectivity index (χ0v) is 19.2. The monoisotopic (exact) mass is 475 g/mol. The molecule has 0 unspecified atom stereocenters. The molecule has 1 heterocycles. The Labute approximate surface area is 201 Å². The molecule has 0 aliphatic heterocycles. The van der Waals surface area contributed by atoms with E-state index in [4.69, 9.17) is 9.47 Å². The molecule has 0 aliphatic carbocycles. The molecule has 0 bridgehead atoms. The molecular weight excluding hydrogens is 453 g/mol. The largest absolute Gasteiger partial charge is 0.494 e. The molecule has 0 fully saturated rings. The van der Waals surface area contributed by atoms with E-state index in [0.29, 0.717) is 35.4 Å². The van der Waals surface area contributed by atoms with E-state index in [-0.39, 0.29) is 11.7 Å². The Morgan fingerprint density at radius 2 is 1.59 bits per heavy atom. The second kappa shape index (κ2) is 11.3. The summed E-state index contributed by atoms with van der Waals surface area (Å²) in [6.45, 7) is 2.96. The Kier molecular flexibility index (Phi) is 7.72. The molecule has 0 radical (unpaired) electrons. The summed E-state index contributed by atoms with van der Waals surface area (Å²) >= 11 is 1.32. The topological polar surface area (TPSA) is 73.3 Å². The molecular formula is C26H22FN3O3S.